The van der Waals surface area contributed by atoms with E-state index in [1.54, 1.807) is 13.0 Å². The number of rotatable bonds is 5. The summed E-state index contributed by atoms with van der Waals surface area (Å²) in [6.45, 7) is 3.19. The minimum Gasteiger partial charge on any atom is -0.342 e. The Morgan fingerprint density at radius 1 is 1.14 bits per heavy atom. The average molecular weight is 490 g/mol. The van der Waals surface area contributed by atoms with Crippen LogP contribution in [0, 0.1) is 18.7 Å². The molecule has 36 heavy (non-hydrogen) atoms. The number of halogens is 1. The van der Waals surface area contributed by atoms with Crippen LogP contribution in [0.1, 0.15) is 41.9 Å². The highest BCUT2D eigenvalue weighted by Crippen LogP contribution is 2.31. The summed E-state index contributed by atoms with van der Waals surface area (Å²) in [5.41, 5.74) is 1.63. The van der Waals surface area contributed by atoms with Gasteiger partial charge in [-0.3, -0.25) is 19.4 Å². The van der Waals surface area contributed by atoms with Crippen molar-refractivity contribution in [2.75, 3.05) is 28.6 Å². The lowest BCUT2D eigenvalue weighted by Gasteiger charge is -2.33. The minimum atomic E-state index is -1.07. The number of nitrogens with zero attached hydrogens (tertiary/aromatic N) is 2. The Kier molecular flexibility index (Phi) is 6.54. The summed E-state index contributed by atoms with van der Waals surface area (Å²) in [6.07, 6.45) is 2.70. The highest BCUT2D eigenvalue weighted by molar-refractivity contribution is 6.04. The minimum absolute atomic E-state index is 0.00230. The molecule has 0 saturated carbocycles. The number of amides is 2. The lowest BCUT2D eigenvalue weighted by molar-refractivity contribution is -0.123. The quantitative estimate of drug-likeness (QED) is 0.506. The molecule has 2 aliphatic heterocycles. The van der Waals surface area contributed by atoms with Gasteiger partial charge in [0.25, 0.3) is 5.56 Å². The van der Waals surface area contributed by atoms with Crippen LogP contribution in [0.4, 0.5) is 21.8 Å². The maximum Gasteiger partial charge on any atom is 0.258 e. The second-order valence-corrected chi connectivity index (χ2v) is 9.55. The molecular weight excluding hydrogens is 461 g/mol. The smallest absolute Gasteiger partial charge is 0.258 e. The zero-order valence-corrected chi connectivity index (χ0v) is 20.0. The third-order valence-corrected chi connectivity index (χ3v) is 6.92. The third kappa shape index (κ3) is 5.00. The van der Waals surface area contributed by atoms with Gasteiger partial charge in [0.15, 0.2) is 0 Å². The molecule has 0 aliphatic carbocycles. The Bertz CT molecular complexity index is 1350. The molecule has 0 bridgehead atoms. The number of aromatic amines is 1. The molecule has 2 aromatic carbocycles. The Morgan fingerprint density at radius 2 is 1.89 bits per heavy atom. The van der Waals surface area contributed by atoms with E-state index < -0.39 is 29.1 Å². The number of aryl methyl sites for hydroxylation is 1. The van der Waals surface area contributed by atoms with Crippen LogP contribution in [0.3, 0.4) is 0 Å². The van der Waals surface area contributed by atoms with E-state index in [1.165, 1.54) is 17.7 Å². The van der Waals surface area contributed by atoms with Crippen LogP contribution in [0.15, 0.2) is 53.3 Å². The van der Waals surface area contributed by atoms with Crippen LogP contribution in [0.2, 0.25) is 0 Å². The van der Waals surface area contributed by atoms with Crippen LogP contribution in [0.5, 0.6) is 0 Å². The molecule has 0 unspecified atom stereocenters. The summed E-state index contributed by atoms with van der Waals surface area (Å²) in [5, 5.41) is 5.15. The molecule has 9 heteroatoms. The number of anilines is 3. The lowest BCUT2D eigenvalue weighted by Crippen LogP contribution is -2.40. The van der Waals surface area contributed by atoms with E-state index in [1.807, 2.05) is 23.1 Å². The number of carbonyl (C=O) groups excluding carboxylic acids is 2. The SMILES string of the molecule is Cc1ccc(NC(=O)[C@H]2CC(=O)Nc3nc(N4CCC(Cc5ccccc5)CC4)[nH]c(=O)c32)c(F)c1. The van der Waals surface area contributed by atoms with Gasteiger partial charge in [0.1, 0.15) is 11.6 Å². The van der Waals surface area contributed by atoms with E-state index in [0.717, 1.165) is 32.4 Å². The summed E-state index contributed by atoms with van der Waals surface area (Å²) in [5.74, 6) is -1.70. The van der Waals surface area contributed by atoms with Gasteiger partial charge in [0, 0.05) is 19.5 Å². The predicted octanol–water partition coefficient (Wildman–Crippen LogP) is 3.74. The molecule has 5 rings (SSSR count). The number of aromatic nitrogens is 2. The molecule has 0 radical (unpaired) electrons. The van der Waals surface area contributed by atoms with Gasteiger partial charge in [-0.2, -0.15) is 4.98 Å². The standard InChI is InChI=1S/C27H28FN5O3/c1-16-7-8-21(20(28)13-16)29-25(35)19-15-22(34)30-24-23(19)26(36)32-27(31-24)33-11-9-18(10-12-33)14-17-5-3-2-4-6-17/h2-8,13,18-19H,9-12,14-15H2,1H3,(H,29,35)(H2,30,31,32,34,36)/t19-/m0/s1. The number of piperidine rings is 1. The molecule has 3 heterocycles. The second kappa shape index (κ2) is 9.93. The van der Waals surface area contributed by atoms with E-state index >= 15 is 0 Å². The summed E-state index contributed by atoms with van der Waals surface area (Å²) in [4.78, 5) is 47.8. The number of H-pyrrole nitrogens is 1. The van der Waals surface area contributed by atoms with E-state index in [4.69, 9.17) is 0 Å². The first-order valence-corrected chi connectivity index (χ1v) is 12.2. The van der Waals surface area contributed by atoms with E-state index in [2.05, 4.69) is 32.7 Å². The van der Waals surface area contributed by atoms with Gasteiger partial charge in [-0.25, -0.2) is 4.39 Å². The molecule has 1 atom stereocenters. The number of fused-ring (bicyclic) bond motifs is 1. The van der Waals surface area contributed by atoms with Crippen molar-refractivity contribution >= 4 is 29.3 Å². The van der Waals surface area contributed by atoms with Crippen LogP contribution < -0.4 is 21.1 Å². The molecule has 1 saturated heterocycles. The van der Waals surface area contributed by atoms with Crippen molar-refractivity contribution in [3.05, 3.63) is 81.4 Å². The molecule has 3 N–H and O–H groups in total. The van der Waals surface area contributed by atoms with Crippen molar-refractivity contribution in [1.29, 1.82) is 0 Å². The molecule has 1 aromatic heterocycles. The molecule has 2 amide bonds. The number of nitrogens with one attached hydrogen (secondary N) is 3. The topological polar surface area (TPSA) is 107 Å². The van der Waals surface area contributed by atoms with Crippen molar-refractivity contribution < 1.29 is 14.0 Å². The van der Waals surface area contributed by atoms with E-state index in [0.29, 0.717) is 17.4 Å². The number of hydrogen-bond acceptors (Lipinski definition) is 5. The van der Waals surface area contributed by atoms with E-state index in [-0.39, 0.29) is 23.5 Å². The average Bonchev–Trinajstić information content (AvgIpc) is 2.86. The molecule has 2 aliphatic rings. The van der Waals surface area contributed by atoms with E-state index in [9.17, 15) is 18.8 Å². The van der Waals surface area contributed by atoms with Gasteiger partial charge in [-0.15, -0.1) is 0 Å². The van der Waals surface area contributed by atoms with Crippen molar-refractivity contribution in [3.8, 4) is 0 Å². The van der Waals surface area contributed by atoms with Crippen molar-refractivity contribution in [2.24, 2.45) is 5.92 Å². The van der Waals surface area contributed by atoms with Crippen LogP contribution in [0.25, 0.3) is 0 Å². The lowest BCUT2D eigenvalue weighted by atomic mass is 9.90. The largest absolute Gasteiger partial charge is 0.342 e. The number of benzene rings is 2. The van der Waals surface area contributed by atoms with Gasteiger partial charge in [-0.05, 0) is 55.4 Å². The molecule has 0 spiro atoms. The summed E-state index contributed by atoms with van der Waals surface area (Å²) in [6, 6.07) is 14.8. The van der Waals surface area contributed by atoms with Crippen LogP contribution in [-0.2, 0) is 16.0 Å². The summed E-state index contributed by atoms with van der Waals surface area (Å²) >= 11 is 0. The van der Waals surface area contributed by atoms with Crippen LogP contribution >= 0.6 is 0 Å². The Hall–Kier alpha value is -4.01. The van der Waals surface area contributed by atoms with Crippen molar-refractivity contribution in [1.82, 2.24) is 9.97 Å². The molecule has 186 valence electrons. The summed E-state index contributed by atoms with van der Waals surface area (Å²) < 4.78 is 14.3. The molecule has 3 aromatic rings. The molecule has 8 nitrogen and oxygen atoms in total. The Labute approximate surface area is 207 Å². The fourth-order valence-electron chi connectivity index (χ4n) is 4.97. The van der Waals surface area contributed by atoms with Gasteiger partial charge < -0.3 is 15.5 Å². The zero-order valence-electron chi connectivity index (χ0n) is 20.0. The zero-order chi connectivity index (χ0) is 25.2. The Morgan fingerprint density at radius 3 is 2.61 bits per heavy atom. The third-order valence-electron chi connectivity index (χ3n) is 6.92. The monoisotopic (exact) mass is 489 g/mol. The second-order valence-electron chi connectivity index (χ2n) is 9.55. The maximum atomic E-state index is 14.3. The first-order valence-electron chi connectivity index (χ1n) is 12.2. The molecular formula is C27H28FN5O3. The van der Waals surface area contributed by atoms with Crippen molar-refractivity contribution in [3.63, 3.8) is 0 Å². The van der Waals surface area contributed by atoms with Gasteiger partial charge in [0.2, 0.25) is 17.8 Å². The van der Waals surface area contributed by atoms with Gasteiger partial charge >= 0.3 is 0 Å². The predicted molar refractivity (Wildman–Crippen MR) is 136 cm³/mol. The number of hydrogen-bond donors (Lipinski definition) is 3. The maximum absolute atomic E-state index is 14.3. The number of carbonyl (C=O) groups is 2. The first-order chi connectivity index (χ1) is 17.4. The fourth-order valence-corrected chi connectivity index (χ4v) is 4.97. The first kappa shape index (κ1) is 23.7. The van der Waals surface area contributed by atoms with Crippen molar-refractivity contribution in [2.45, 2.75) is 38.5 Å². The molecule has 1 fully saturated rings. The van der Waals surface area contributed by atoms with Gasteiger partial charge in [0.05, 0.1) is 17.2 Å². The van der Waals surface area contributed by atoms with Crippen LogP contribution in [-0.4, -0.2) is 34.9 Å². The normalized spacial score (nSPS) is 17.9. The Balaban J connectivity index is 1.32. The highest BCUT2D eigenvalue weighted by atomic mass is 19.1. The summed E-state index contributed by atoms with van der Waals surface area (Å²) in [7, 11) is 0. The van der Waals surface area contributed by atoms with Gasteiger partial charge in [-0.1, -0.05) is 36.4 Å². The fraction of sp³-hybridized carbons (Fsp3) is 0.333. The highest BCUT2D eigenvalue weighted by Gasteiger charge is 2.35.